The van der Waals surface area contributed by atoms with Crippen molar-refractivity contribution < 1.29 is 35.8 Å². The lowest BCUT2D eigenvalue weighted by Crippen LogP contribution is -2.19. The summed E-state index contributed by atoms with van der Waals surface area (Å²) in [7, 11) is 0. The van der Waals surface area contributed by atoms with Crippen LogP contribution in [0.2, 0.25) is 0 Å². The molecular formula is C11H9F6O2. The van der Waals surface area contributed by atoms with E-state index in [0.29, 0.717) is 6.07 Å². The van der Waals surface area contributed by atoms with Crippen LogP contribution < -0.4 is 9.47 Å². The Bertz CT molecular complexity index is 402. The van der Waals surface area contributed by atoms with Crippen molar-refractivity contribution in [3.63, 3.8) is 0 Å². The molecule has 0 saturated carbocycles. The van der Waals surface area contributed by atoms with Gasteiger partial charge in [0.05, 0.1) is 0 Å². The van der Waals surface area contributed by atoms with E-state index in [2.05, 4.69) is 16.4 Å². The second kappa shape index (κ2) is 5.18. The highest BCUT2D eigenvalue weighted by atomic mass is 19.4. The molecule has 0 aromatic heterocycles. The van der Waals surface area contributed by atoms with Crippen LogP contribution in [0.25, 0.3) is 0 Å². The standard InChI is InChI=1S/C11H9F6O2/c1-6(2)7-3-8(18-10(12,13)14)5-9(4-7)19-11(15,16)17/h3-6H,1H2,2H3. The lowest BCUT2D eigenvalue weighted by Gasteiger charge is -2.15. The van der Waals surface area contributed by atoms with Crippen molar-refractivity contribution in [2.24, 2.45) is 0 Å². The van der Waals surface area contributed by atoms with E-state index in [1.54, 1.807) is 0 Å². The number of alkyl halides is 6. The summed E-state index contributed by atoms with van der Waals surface area (Å²) >= 11 is 0. The van der Waals surface area contributed by atoms with Gasteiger partial charge in [-0.25, -0.2) is 0 Å². The van der Waals surface area contributed by atoms with Gasteiger partial charge in [-0.3, -0.25) is 0 Å². The Hall–Kier alpha value is -1.60. The third kappa shape index (κ3) is 5.71. The van der Waals surface area contributed by atoms with Gasteiger partial charge in [-0.15, -0.1) is 26.3 Å². The second-order valence-electron chi connectivity index (χ2n) is 3.73. The van der Waals surface area contributed by atoms with Gasteiger partial charge in [0.15, 0.2) is 0 Å². The molecule has 1 rings (SSSR count). The third-order valence-corrected chi connectivity index (χ3v) is 1.94. The fraction of sp³-hybridized carbons (Fsp3) is 0.364. The van der Waals surface area contributed by atoms with Gasteiger partial charge in [-0.2, -0.15) is 0 Å². The lowest BCUT2D eigenvalue weighted by molar-refractivity contribution is -0.276. The SMILES string of the molecule is [CH2]C(C)c1cc(OC(F)(F)F)cc(OC(F)(F)F)c1. The molecule has 0 aliphatic heterocycles. The van der Waals surface area contributed by atoms with E-state index < -0.39 is 30.1 Å². The molecule has 8 heteroatoms. The number of hydrogen-bond acceptors (Lipinski definition) is 2. The van der Waals surface area contributed by atoms with E-state index in [-0.39, 0.29) is 5.56 Å². The molecule has 0 bridgehead atoms. The Morgan fingerprint density at radius 3 is 1.53 bits per heavy atom. The summed E-state index contributed by atoms with van der Waals surface area (Å²) in [5.41, 5.74) is 0.126. The van der Waals surface area contributed by atoms with Crippen LogP contribution in [0.4, 0.5) is 26.3 Å². The van der Waals surface area contributed by atoms with Crippen LogP contribution in [0, 0.1) is 6.92 Å². The molecule has 1 radical (unpaired) electrons. The molecule has 2 nitrogen and oxygen atoms in total. The van der Waals surface area contributed by atoms with Crippen molar-refractivity contribution >= 4 is 0 Å². The average molecular weight is 287 g/mol. The van der Waals surface area contributed by atoms with Crippen molar-refractivity contribution in [1.82, 2.24) is 0 Å². The molecule has 1 atom stereocenters. The van der Waals surface area contributed by atoms with Gasteiger partial charge in [-0.1, -0.05) is 6.92 Å². The van der Waals surface area contributed by atoms with E-state index in [4.69, 9.17) is 0 Å². The summed E-state index contributed by atoms with van der Waals surface area (Å²) in [6, 6.07) is 2.41. The first-order valence-electron chi connectivity index (χ1n) is 4.96. The summed E-state index contributed by atoms with van der Waals surface area (Å²) in [4.78, 5) is 0. The monoisotopic (exact) mass is 287 g/mol. The summed E-state index contributed by atoms with van der Waals surface area (Å²) < 4.78 is 79.4. The minimum atomic E-state index is -5.00. The van der Waals surface area contributed by atoms with E-state index >= 15 is 0 Å². The van der Waals surface area contributed by atoms with Crippen molar-refractivity contribution in [3.05, 3.63) is 30.7 Å². The lowest BCUT2D eigenvalue weighted by atomic mass is 10.0. The third-order valence-electron chi connectivity index (χ3n) is 1.94. The number of rotatable bonds is 3. The molecule has 1 aromatic carbocycles. The van der Waals surface area contributed by atoms with Gasteiger partial charge < -0.3 is 9.47 Å². The molecule has 0 heterocycles. The van der Waals surface area contributed by atoms with E-state index in [1.165, 1.54) is 6.92 Å². The van der Waals surface area contributed by atoms with Crippen LogP contribution >= 0.6 is 0 Å². The fourth-order valence-electron chi connectivity index (χ4n) is 1.26. The summed E-state index contributed by atoms with van der Waals surface area (Å²) in [5.74, 6) is -2.12. The molecule has 1 unspecified atom stereocenters. The van der Waals surface area contributed by atoms with Crippen LogP contribution in [-0.2, 0) is 0 Å². The van der Waals surface area contributed by atoms with Crippen LogP contribution in [0.1, 0.15) is 18.4 Å². The normalized spacial score (nSPS) is 12.7. The van der Waals surface area contributed by atoms with Crippen LogP contribution in [0.15, 0.2) is 18.2 Å². The second-order valence-corrected chi connectivity index (χ2v) is 3.73. The zero-order valence-electron chi connectivity index (χ0n) is 9.60. The van der Waals surface area contributed by atoms with Crippen molar-refractivity contribution in [3.8, 4) is 11.5 Å². The summed E-state index contributed by atoms with van der Waals surface area (Å²) in [6.07, 6.45) is -10.0. The zero-order chi connectivity index (χ0) is 14.8. The minimum Gasteiger partial charge on any atom is -0.406 e. The Labute approximate surface area is 104 Å². The predicted molar refractivity (Wildman–Crippen MR) is 53.6 cm³/mol. The van der Waals surface area contributed by atoms with E-state index in [1.807, 2.05) is 0 Å². The first-order valence-corrected chi connectivity index (χ1v) is 4.96. The quantitative estimate of drug-likeness (QED) is 0.766. The first kappa shape index (κ1) is 15.5. The molecule has 0 aliphatic rings. The van der Waals surface area contributed by atoms with Gasteiger partial charge in [0.1, 0.15) is 11.5 Å². The smallest absolute Gasteiger partial charge is 0.406 e. The Morgan fingerprint density at radius 2 is 1.26 bits per heavy atom. The molecule has 19 heavy (non-hydrogen) atoms. The Kier molecular flexibility index (Phi) is 4.21. The number of hydrogen-bond donors (Lipinski definition) is 0. The van der Waals surface area contributed by atoms with E-state index in [9.17, 15) is 26.3 Å². The molecule has 0 N–H and O–H groups in total. The maximum Gasteiger partial charge on any atom is 0.573 e. The number of halogens is 6. The maximum atomic E-state index is 12.0. The van der Waals surface area contributed by atoms with Crippen LogP contribution in [0.3, 0.4) is 0 Å². The van der Waals surface area contributed by atoms with Crippen molar-refractivity contribution in [2.45, 2.75) is 25.6 Å². The van der Waals surface area contributed by atoms with Crippen LogP contribution in [-0.4, -0.2) is 12.7 Å². The van der Waals surface area contributed by atoms with Gasteiger partial charge in [-0.05, 0) is 30.5 Å². The van der Waals surface area contributed by atoms with E-state index in [0.717, 1.165) is 12.1 Å². The number of ether oxygens (including phenoxy) is 2. The fourth-order valence-corrected chi connectivity index (χ4v) is 1.26. The highest BCUT2D eigenvalue weighted by molar-refractivity contribution is 5.40. The summed E-state index contributed by atoms with van der Waals surface area (Å²) in [5, 5.41) is 0. The number of benzene rings is 1. The highest BCUT2D eigenvalue weighted by Crippen LogP contribution is 2.33. The molecular weight excluding hydrogens is 278 g/mol. The molecule has 0 saturated heterocycles. The van der Waals surface area contributed by atoms with Gasteiger partial charge >= 0.3 is 12.7 Å². The molecule has 0 fully saturated rings. The van der Waals surface area contributed by atoms with Gasteiger partial charge in [0.2, 0.25) is 0 Å². The molecule has 107 valence electrons. The van der Waals surface area contributed by atoms with Crippen LogP contribution in [0.5, 0.6) is 11.5 Å². The highest BCUT2D eigenvalue weighted by Gasteiger charge is 2.34. The Morgan fingerprint density at radius 1 is 0.895 bits per heavy atom. The van der Waals surface area contributed by atoms with Gasteiger partial charge in [0, 0.05) is 6.07 Å². The Balaban J connectivity index is 3.11. The minimum absolute atomic E-state index is 0.126. The molecule has 0 aliphatic carbocycles. The first-order chi connectivity index (χ1) is 8.46. The zero-order valence-corrected chi connectivity index (χ0v) is 9.60. The molecule has 0 amide bonds. The largest absolute Gasteiger partial charge is 0.573 e. The van der Waals surface area contributed by atoms with Gasteiger partial charge in [0.25, 0.3) is 0 Å². The molecule has 0 spiro atoms. The topological polar surface area (TPSA) is 18.5 Å². The van der Waals surface area contributed by atoms with Crippen molar-refractivity contribution in [2.75, 3.05) is 0 Å². The van der Waals surface area contributed by atoms with Crippen molar-refractivity contribution in [1.29, 1.82) is 0 Å². The molecule has 1 aromatic rings. The summed E-state index contributed by atoms with van der Waals surface area (Å²) in [6.45, 7) is 5.01. The maximum absolute atomic E-state index is 12.0. The predicted octanol–water partition coefficient (Wildman–Crippen LogP) is 4.42. The average Bonchev–Trinajstić information content (AvgIpc) is 2.10.